The molecule has 0 radical (unpaired) electrons. The van der Waals surface area contributed by atoms with E-state index in [4.69, 9.17) is 15.9 Å². The standard InChI is InChI=1S/C16H18N2O3/c1-10-13(11-6-4-3-5-7-11)12(14(19)20)8-9-16(10,21-2)15(17)18/h3-10H,1-2H3,(H3,17,18)(H,19,20). The lowest BCUT2D eigenvalue weighted by atomic mass is 9.73. The number of ether oxygens (including phenoxy) is 1. The molecule has 0 saturated carbocycles. The second kappa shape index (κ2) is 5.54. The van der Waals surface area contributed by atoms with Crippen molar-refractivity contribution in [3.63, 3.8) is 0 Å². The first-order chi connectivity index (χ1) is 9.94. The van der Waals surface area contributed by atoms with Gasteiger partial charge in [0, 0.05) is 13.0 Å². The highest BCUT2D eigenvalue weighted by Gasteiger charge is 2.43. The molecule has 5 heteroatoms. The van der Waals surface area contributed by atoms with Crippen LogP contribution in [0.15, 0.2) is 48.1 Å². The summed E-state index contributed by atoms with van der Waals surface area (Å²) in [5, 5.41) is 17.3. The molecule has 21 heavy (non-hydrogen) atoms. The number of nitrogens with two attached hydrogens (primary N) is 1. The molecule has 0 saturated heterocycles. The predicted molar refractivity (Wildman–Crippen MR) is 81.0 cm³/mol. The molecule has 5 nitrogen and oxygen atoms in total. The summed E-state index contributed by atoms with van der Waals surface area (Å²) in [6, 6.07) is 9.23. The molecule has 2 unspecified atom stereocenters. The highest BCUT2D eigenvalue weighted by molar-refractivity contribution is 6.03. The van der Waals surface area contributed by atoms with Crippen LogP contribution in [0, 0.1) is 11.3 Å². The summed E-state index contributed by atoms with van der Waals surface area (Å²) in [6.45, 7) is 1.82. The number of nitrogens with one attached hydrogen (secondary N) is 1. The Hall–Kier alpha value is -2.40. The minimum absolute atomic E-state index is 0.147. The third-order valence-corrected chi connectivity index (χ3v) is 3.94. The van der Waals surface area contributed by atoms with E-state index in [1.807, 2.05) is 37.3 Å². The van der Waals surface area contributed by atoms with Crippen LogP contribution >= 0.6 is 0 Å². The second-order valence-corrected chi connectivity index (χ2v) is 4.96. The first kappa shape index (κ1) is 15.0. The zero-order chi connectivity index (χ0) is 15.6. The van der Waals surface area contributed by atoms with E-state index in [1.165, 1.54) is 13.2 Å². The van der Waals surface area contributed by atoms with Crippen LogP contribution in [0.5, 0.6) is 0 Å². The molecular weight excluding hydrogens is 268 g/mol. The summed E-state index contributed by atoms with van der Waals surface area (Å²) in [4.78, 5) is 11.5. The van der Waals surface area contributed by atoms with Gasteiger partial charge in [0.2, 0.25) is 0 Å². The lowest BCUT2D eigenvalue weighted by Crippen LogP contribution is -2.50. The van der Waals surface area contributed by atoms with Crippen molar-refractivity contribution in [3.05, 3.63) is 53.6 Å². The highest BCUT2D eigenvalue weighted by atomic mass is 16.5. The summed E-state index contributed by atoms with van der Waals surface area (Å²) in [6.07, 6.45) is 3.02. The molecule has 0 aromatic heterocycles. The molecule has 0 bridgehead atoms. The average molecular weight is 286 g/mol. The maximum absolute atomic E-state index is 11.5. The van der Waals surface area contributed by atoms with Gasteiger partial charge in [-0.2, -0.15) is 0 Å². The Kier molecular flexibility index (Phi) is 3.95. The van der Waals surface area contributed by atoms with Crippen molar-refractivity contribution in [1.82, 2.24) is 0 Å². The molecule has 0 fully saturated rings. The molecule has 2 rings (SSSR count). The van der Waals surface area contributed by atoms with E-state index in [2.05, 4.69) is 0 Å². The number of benzene rings is 1. The normalized spacial score (nSPS) is 25.0. The van der Waals surface area contributed by atoms with Gasteiger partial charge in [0.05, 0.1) is 5.57 Å². The number of hydrogen-bond donors (Lipinski definition) is 3. The summed E-state index contributed by atoms with van der Waals surface area (Å²) in [5.41, 5.74) is 6.18. The number of carboxylic acids is 1. The number of carboxylic acid groups (broad SMARTS) is 1. The third-order valence-electron chi connectivity index (χ3n) is 3.94. The average Bonchev–Trinajstić information content (AvgIpc) is 2.47. The van der Waals surface area contributed by atoms with E-state index in [0.717, 1.165) is 5.56 Å². The van der Waals surface area contributed by atoms with E-state index in [1.54, 1.807) is 6.08 Å². The van der Waals surface area contributed by atoms with Crippen LogP contribution in [0.3, 0.4) is 0 Å². The monoisotopic (exact) mass is 286 g/mol. The predicted octanol–water partition coefficient (Wildman–Crippen LogP) is 2.05. The maximum Gasteiger partial charge on any atom is 0.335 e. The van der Waals surface area contributed by atoms with Crippen LogP contribution in [0.1, 0.15) is 12.5 Å². The van der Waals surface area contributed by atoms with E-state index >= 15 is 0 Å². The van der Waals surface area contributed by atoms with Gasteiger partial charge in [-0.1, -0.05) is 37.3 Å². The Morgan fingerprint density at radius 3 is 2.48 bits per heavy atom. The number of rotatable bonds is 4. The number of amidine groups is 1. The number of methoxy groups -OCH3 is 1. The largest absolute Gasteiger partial charge is 0.478 e. The second-order valence-electron chi connectivity index (χ2n) is 4.96. The Balaban J connectivity index is 2.67. The van der Waals surface area contributed by atoms with Crippen molar-refractivity contribution in [3.8, 4) is 0 Å². The number of hydrogen-bond acceptors (Lipinski definition) is 3. The fourth-order valence-corrected chi connectivity index (χ4v) is 2.78. The quantitative estimate of drug-likeness (QED) is 0.583. The zero-order valence-electron chi connectivity index (χ0n) is 12.0. The van der Waals surface area contributed by atoms with Crippen molar-refractivity contribution >= 4 is 17.4 Å². The molecule has 0 amide bonds. The number of carbonyl (C=O) groups is 1. The van der Waals surface area contributed by atoms with Crippen molar-refractivity contribution < 1.29 is 14.6 Å². The first-order valence-corrected chi connectivity index (χ1v) is 6.55. The lowest BCUT2D eigenvalue weighted by Gasteiger charge is -2.38. The van der Waals surface area contributed by atoms with Crippen LogP contribution in [-0.2, 0) is 9.53 Å². The SMILES string of the molecule is COC1(C(=N)N)C=CC(C(=O)O)=C(c2ccccc2)C1C. The summed E-state index contributed by atoms with van der Waals surface area (Å²) in [7, 11) is 1.47. The van der Waals surface area contributed by atoms with Crippen LogP contribution < -0.4 is 5.73 Å². The molecule has 0 spiro atoms. The van der Waals surface area contributed by atoms with Crippen molar-refractivity contribution in [2.45, 2.75) is 12.5 Å². The van der Waals surface area contributed by atoms with Gasteiger partial charge in [-0.3, -0.25) is 5.41 Å². The minimum Gasteiger partial charge on any atom is -0.478 e. The Bertz CT molecular complexity index is 634. The van der Waals surface area contributed by atoms with Crippen molar-refractivity contribution in [1.29, 1.82) is 5.41 Å². The molecule has 1 aromatic carbocycles. The van der Waals surface area contributed by atoms with Crippen molar-refractivity contribution in [2.24, 2.45) is 11.7 Å². The molecule has 4 N–H and O–H groups in total. The summed E-state index contributed by atoms with van der Waals surface area (Å²) in [5.74, 6) is -1.55. The first-order valence-electron chi connectivity index (χ1n) is 6.55. The molecule has 1 aliphatic rings. The van der Waals surface area contributed by atoms with E-state index < -0.39 is 17.5 Å². The lowest BCUT2D eigenvalue weighted by molar-refractivity contribution is -0.132. The number of aliphatic carboxylic acids is 1. The van der Waals surface area contributed by atoms with Gasteiger partial charge in [0.25, 0.3) is 0 Å². The van der Waals surface area contributed by atoms with Crippen LogP contribution in [0.2, 0.25) is 0 Å². The van der Waals surface area contributed by atoms with Gasteiger partial charge in [-0.15, -0.1) is 0 Å². The maximum atomic E-state index is 11.5. The summed E-state index contributed by atoms with van der Waals surface area (Å²) < 4.78 is 5.47. The van der Waals surface area contributed by atoms with E-state index in [0.29, 0.717) is 5.57 Å². The van der Waals surface area contributed by atoms with Crippen LogP contribution in [-0.4, -0.2) is 29.6 Å². The van der Waals surface area contributed by atoms with Crippen LogP contribution in [0.4, 0.5) is 0 Å². The van der Waals surface area contributed by atoms with Gasteiger partial charge in [0.1, 0.15) is 11.4 Å². The molecule has 2 atom stereocenters. The Morgan fingerprint density at radius 2 is 2.00 bits per heavy atom. The Labute approximate surface area is 123 Å². The molecule has 110 valence electrons. The Morgan fingerprint density at radius 1 is 1.38 bits per heavy atom. The molecule has 0 heterocycles. The summed E-state index contributed by atoms with van der Waals surface area (Å²) >= 11 is 0. The van der Waals surface area contributed by atoms with Gasteiger partial charge in [-0.05, 0) is 23.3 Å². The minimum atomic E-state index is -1.12. The van der Waals surface area contributed by atoms with Gasteiger partial charge < -0.3 is 15.6 Å². The van der Waals surface area contributed by atoms with Gasteiger partial charge in [0.15, 0.2) is 0 Å². The van der Waals surface area contributed by atoms with E-state index in [9.17, 15) is 9.90 Å². The van der Waals surface area contributed by atoms with E-state index in [-0.39, 0.29) is 11.4 Å². The topological polar surface area (TPSA) is 96.4 Å². The molecule has 0 aliphatic heterocycles. The smallest absolute Gasteiger partial charge is 0.335 e. The molecule has 1 aliphatic carbocycles. The fraction of sp³-hybridized carbons (Fsp3) is 0.250. The fourth-order valence-electron chi connectivity index (χ4n) is 2.78. The highest BCUT2D eigenvalue weighted by Crippen LogP contribution is 2.41. The molecule has 1 aromatic rings. The van der Waals surface area contributed by atoms with Crippen LogP contribution in [0.25, 0.3) is 5.57 Å². The zero-order valence-corrected chi connectivity index (χ0v) is 12.0. The van der Waals surface area contributed by atoms with Gasteiger partial charge in [-0.25, -0.2) is 4.79 Å². The van der Waals surface area contributed by atoms with Gasteiger partial charge >= 0.3 is 5.97 Å². The van der Waals surface area contributed by atoms with Crippen molar-refractivity contribution in [2.75, 3.05) is 7.11 Å². The molecular formula is C16H18N2O3. The third kappa shape index (κ3) is 2.36.